The molecule has 0 aliphatic rings. The number of rotatable bonds is 4. The molecular weight excluding hydrogens is 255 g/mol. The third kappa shape index (κ3) is 3.80. The van der Waals surface area contributed by atoms with E-state index in [1.165, 1.54) is 6.07 Å². The molecule has 1 rings (SSSR count). The maximum absolute atomic E-state index is 12.7. The molecule has 19 heavy (non-hydrogen) atoms. The summed E-state index contributed by atoms with van der Waals surface area (Å²) >= 11 is 0. The molecule has 5 heteroatoms. The molecule has 0 radical (unpaired) electrons. The van der Waals surface area contributed by atoms with Gasteiger partial charge in [0.1, 0.15) is 0 Å². The summed E-state index contributed by atoms with van der Waals surface area (Å²) in [7, 11) is 3.37. The van der Waals surface area contributed by atoms with Gasteiger partial charge in [0.05, 0.1) is 11.6 Å². The van der Waals surface area contributed by atoms with Crippen molar-refractivity contribution in [3.63, 3.8) is 0 Å². The lowest BCUT2D eigenvalue weighted by Crippen LogP contribution is -2.30. The molecule has 0 heterocycles. The van der Waals surface area contributed by atoms with Crippen LogP contribution in [0.25, 0.3) is 0 Å². The Bertz CT molecular complexity index is 452. The van der Waals surface area contributed by atoms with Crippen molar-refractivity contribution in [1.29, 1.82) is 0 Å². The molecule has 0 aromatic heterocycles. The van der Waals surface area contributed by atoms with Crippen LogP contribution in [0.1, 0.15) is 31.0 Å². The summed E-state index contributed by atoms with van der Waals surface area (Å²) in [6.45, 7) is 3.49. The van der Waals surface area contributed by atoms with E-state index in [4.69, 9.17) is 0 Å². The zero-order chi connectivity index (χ0) is 14.8. The van der Waals surface area contributed by atoms with E-state index in [1.54, 1.807) is 38.9 Å². The van der Waals surface area contributed by atoms with E-state index in [0.717, 1.165) is 12.1 Å². The SMILES string of the molecule is CC(C)C(=O)C(c1cccc(C(F)(F)F)c1)N(C)C. The fourth-order valence-electron chi connectivity index (χ4n) is 1.92. The molecule has 1 aromatic carbocycles. The highest BCUT2D eigenvalue weighted by atomic mass is 19.4. The zero-order valence-corrected chi connectivity index (χ0v) is 11.5. The normalized spacial score (nSPS) is 13.9. The highest BCUT2D eigenvalue weighted by molar-refractivity contribution is 5.86. The molecule has 1 atom stereocenters. The highest BCUT2D eigenvalue weighted by Gasteiger charge is 2.32. The van der Waals surface area contributed by atoms with Gasteiger partial charge in [-0.2, -0.15) is 13.2 Å². The van der Waals surface area contributed by atoms with E-state index < -0.39 is 17.8 Å². The van der Waals surface area contributed by atoms with Crippen LogP contribution in [0.3, 0.4) is 0 Å². The average Bonchev–Trinajstić information content (AvgIpc) is 2.27. The number of hydrogen-bond acceptors (Lipinski definition) is 2. The van der Waals surface area contributed by atoms with Gasteiger partial charge in [0.25, 0.3) is 0 Å². The van der Waals surface area contributed by atoms with E-state index in [1.807, 2.05) is 0 Å². The minimum absolute atomic E-state index is 0.0932. The molecule has 0 bridgehead atoms. The lowest BCUT2D eigenvalue weighted by molar-refractivity contribution is -0.138. The molecule has 1 aromatic rings. The number of hydrogen-bond donors (Lipinski definition) is 0. The monoisotopic (exact) mass is 273 g/mol. The zero-order valence-electron chi connectivity index (χ0n) is 11.5. The van der Waals surface area contributed by atoms with Crippen LogP contribution >= 0.6 is 0 Å². The maximum Gasteiger partial charge on any atom is 0.416 e. The van der Waals surface area contributed by atoms with Crippen molar-refractivity contribution in [3.8, 4) is 0 Å². The van der Waals surface area contributed by atoms with Crippen molar-refractivity contribution in [2.45, 2.75) is 26.1 Å². The number of ketones is 1. The molecule has 0 N–H and O–H groups in total. The van der Waals surface area contributed by atoms with Crippen molar-refractivity contribution in [2.24, 2.45) is 5.92 Å². The van der Waals surface area contributed by atoms with Gasteiger partial charge in [0.15, 0.2) is 5.78 Å². The molecule has 0 spiro atoms. The van der Waals surface area contributed by atoms with Gasteiger partial charge in [-0.05, 0) is 31.8 Å². The number of carbonyl (C=O) groups is 1. The summed E-state index contributed by atoms with van der Waals surface area (Å²) in [5, 5.41) is 0. The van der Waals surface area contributed by atoms with E-state index in [2.05, 4.69) is 0 Å². The molecule has 0 saturated heterocycles. The number of halogens is 3. The van der Waals surface area contributed by atoms with Gasteiger partial charge < -0.3 is 0 Å². The molecule has 0 saturated carbocycles. The number of benzene rings is 1. The first kappa shape index (κ1) is 15.7. The number of likely N-dealkylation sites (N-methyl/N-ethyl adjacent to an activating group) is 1. The predicted octanol–water partition coefficient (Wildman–Crippen LogP) is 3.53. The predicted molar refractivity (Wildman–Crippen MR) is 67.7 cm³/mol. The summed E-state index contributed by atoms with van der Waals surface area (Å²) < 4.78 is 38.1. The van der Waals surface area contributed by atoms with Crippen LogP contribution in [0.15, 0.2) is 24.3 Å². The summed E-state index contributed by atoms with van der Waals surface area (Å²) in [4.78, 5) is 13.8. The highest BCUT2D eigenvalue weighted by Crippen LogP contribution is 2.32. The Labute approximate surface area is 111 Å². The summed E-state index contributed by atoms with van der Waals surface area (Å²) in [5.74, 6) is -0.328. The van der Waals surface area contributed by atoms with Crippen molar-refractivity contribution >= 4 is 5.78 Å². The second kappa shape index (κ2) is 5.74. The molecule has 0 aliphatic heterocycles. The molecule has 0 amide bonds. The first-order valence-corrected chi connectivity index (χ1v) is 6.02. The van der Waals surface area contributed by atoms with Crippen LogP contribution in [-0.4, -0.2) is 24.8 Å². The van der Waals surface area contributed by atoms with Crippen LogP contribution in [0.2, 0.25) is 0 Å². The van der Waals surface area contributed by atoms with Gasteiger partial charge in [-0.15, -0.1) is 0 Å². The van der Waals surface area contributed by atoms with Crippen LogP contribution in [0.4, 0.5) is 13.2 Å². The molecule has 0 fully saturated rings. The van der Waals surface area contributed by atoms with Gasteiger partial charge in [0, 0.05) is 5.92 Å². The fraction of sp³-hybridized carbons (Fsp3) is 0.500. The van der Waals surface area contributed by atoms with Crippen LogP contribution < -0.4 is 0 Å². The van der Waals surface area contributed by atoms with Crippen molar-refractivity contribution < 1.29 is 18.0 Å². The lowest BCUT2D eigenvalue weighted by atomic mass is 9.93. The number of alkyl halides is 3. The first-order chi connectivity index (χ1) is 8.64. The Balaban J connectivity index is 3.21. The second-order valence-corrected chi connectivity index (χ2v) is 5.05. The third-order valence-corrected chi connectivity index (χ3v) is 2.88. The van der Waals surface area contributed by atoms with Gasteiger partial charge in [-0.1, -0.05) is 26.0 Å². The minimum Gasteiger partial charge on any atom is -0.297 e. The van der Waals surface area contributed by atoms with Crippen molar-refractivity contribution in [2.75, 3.05) is 14.1 Å². The molecular formula is C14H18F3NO. The molecule has 106 valence electrons. The van der Waals surface area contributed by atoms with Crippen LogP contribution in [0, 0.1) is 5.92 Å². The Morgan fingerprint density at radius 1 is 1.21 bits per heavy atom. The Morgan fingerprint density at radius 2 is 1.79 bits per heavy atom. The maximum atomic E-state index is 12.7. The Morgan fingerprint density at radius 3 is 2.21 bits per heavy atom. The number of Topliss-reactive ketones (excluding diaryl/α,β-unsaturated/α-hetero) is 1. The minimum atomic E-state index is -4.40. The lowest BCUT2D eigenvalue weighted by Gasteiger charge is -2.25. The average molecular weight is 273 g/mol. The van der Waals surface area contributed by atoms with E-state index in [0.29, 0.717) is 5.56 Å². The molecule has 2 nitrogen and oxygen atoms in total. The first-order valence-electron chi connectivity index (χ1n) is 6.02. The molecule has 1 unspecified atom stereocenters. The number of nitrogens with zero attached hydrogens (tertiary/aromatic N) is 1. The van der Waals surface area contributed by atoms with Crippen LogP contribution in [-0.2, 0) is 11.0 Å². The Kier molecular flexibility index (Phi) is 4.74. The van der Waals surface area contributed by atoms with Crippen molar-refractivity contribution in [3.05, 3.63) is 35.4 Å². The van der Waals surface area contributed by atoms with E-state index >= 15 is 0 Å². The standard InChI is InChI=1S/C14H18F3NO/c1-9(2)13(19)12(18(3)4)10-6-5-7-11(8-10)14(15,16)17/h5-9,12H,1-4H3. The van der Waals surface area contributed by atoms with Gasteiger partial charge in [-0.3, -0.25) is 9.69 Å². The largest absolute Gasteiger partial charge is 0.416 e. The Hall–Kier alpha value is -1.36. The van der Waals surface area contributed by atoms with Gasteiger partial charge in [0.2, 0.25) is 0 Å². The summed E-state index contributed by atoms with van der Waals surface area (Å²) in [5.41, 5.74) is -0.355. The summed E-state index contributed by atoms with van der Waals surface area (Å²) in [6.07, 6.45) is -4.40. The smallest absolute Gasteiger partial charge is 0.297 e. The third-order valence-electron chi connectivity index (χ3n) is 2.88. The molecule has 0 aliphatic carbocycles. The van der Waals surface area contributed by atoms with E-state index in [9.17, 15) is 18.0 Å². The quantitative estimate of drug-likeness (QED) is 0.836. The fourth-order valence-corrected chi connectivity index (χ4v) is 1.92. The van der Waals surface area contributed by atoms with Gasteiger partial charge >= 0.3 is 6.18 Å². The van der Waals surface area contributed by atoms with Crippen LogP contribution in [0.5, 0.6) is 0 Å². The topological polar surface area (TPSA) is 20.3 Å². The number of carbonyl (C=O) groups excluding carboxylic acids is 1. The summed E-state index contributed by atoms with van der Waals surface area (Å²) in [6, 6.07) is 4.30. The van der Waals surface area contributed by atoms with Gasteiger partial charge in [-0.25, -0.2) is 0 Å². The second-order valence-electron chi connectivity index (χ2n) is 5.05. The van der Waals surface area contributed by atoms with E-state index in [-0.39, 0.29) is 11.7 Å². The van der Waals surface area contributed by atoms with Crippen molar-refractivity contribution in [1.82, 2.24) is 4.90 Å².